The number of hydrogen-bond acceptors (Lipinski definition) is 10. The van der Waals surface area contributed by atoms with Crippen molar-refractivity contribution in [3.8, 4) is 5.75 Å². The van der Waals surface area contributed by atoms with E-state index in [0.29, 0.717) is 72.4 Å². The Bertz CT molecular complexity index is 2130. The fraction of sp³-hybridized carbons (Fsp3) is 0.205. The van der Waals surface area contributed by atoms with Gasteiger partial charge in [0.1, 0.15) is 34.7 Å². The molecule has 14 heteroatoms. The van der Waals surface area contributed by atoms with Crippen molar-refractivity contribution in [3.63, 3.8) is 0 Å². The van der Waals surface area contributed by atoms with Crippen molar-refractivity contribution in [1.82, 2.24) is 25.4 Å². The van der Waals surface area contributed by atoms with Crippen LogP contribution in [0.5, 0.6) is 5.75 Å². The molecule has 3 aromatic carbocycles. The Balaban J connectivity index is 1.24. The molecule has 4 aromatic rings. The second kappa shape index (κ2) is 16.5. The Morgan fingerprint density at radius 3 is 2.42 bits per heavy atom. The van der Waals surface area contributed by atoms with Gasteiger partial charge < -0.3 is 20.3 Å². The number of nitrogens with zero attached hydrogens (tertiary/aromatic N) is 5. The zero-order valence-corrected chi connectivity index (χ0v) is 29.6. The molecule has 6 rings (SSSR count). The van der Waals surface area contributed by atoms with E-state index in [9.17, 15) is 23.7 Å². The van der Waals surface area contributed by atoms with E-state index in [1.54, 1.807) is 53.6 Å². The van der Waals surface area contributed by atoms with Gasteiger partial charge in [-0.3, -0.25) is 29.3 Å². The quantitative estimate of drug-likeness (QED) is 0.145. The molecule has 0 radical (unpaired) electrons. The van der Waals surface area contributed by atoms with Crippen LogP contribution in [-0.2, 0) is 9.59 Å². The predicted octanol–water partition coefficient (Wildman–Crippen LogP) is 5.83. The lowest BCUT2D eigenvalue weighted by Gasteiger charge is -2.37. The number of carbonyl (C=O) groups excluding carboxylic acids is 3. The molecular weight excluding hydrogens is 701 g/mol. The van der Waals surface area contributed by atoms with Gasteiger partial charge in [-0.15, -0.1) is 4.91 Å². The number of para-hydroxylation sites is 1. The van der Waals surface area contributed by atoms with Crippen LogP contribution >= 0.6 is 11.6 Å². The van der Waals surface area contributed by atoms with Crippen molar-refractivity contribution in [3.05, 3.63) is 146 Å². The topological polar surface area (TPSA) is 146 Å². The van der Waals surface area contributed by atoms with E-state index in [4.69, 9.17) is 21.3 Å². The maximum atomic E-state index is 14.1. The Kier molecular flexibility index (Phi) is 11.5. The van der Waals surface area contributed by atoms with Crippen LogP contribution in [0.3, 0.4) is 0 Å². The molecular formula is C39H35ClFN7O5. The third kappa shape index (κ3) is 8.54. The summed E-state index contributed by atoms with van der Waals surface area (Å²) in [7, 11) is 1.52. The first-order valence-electron chi connectivity index (χ1n) is 16.7. The first-order valence-corrected chi connectivity index (χ1v) is 17.1. The average molecular weight is 736 g/mol. The van der Waals surface area contributed by atoms with Crippen molar-refractivity contribution in [2.45, 2.75) is 13.0 Å². The number of ether oxygens (including phenoxy) is 1. The maximum Gasteiger partial charge on any atom is 0.270 e. The molecule has 2 aliphatic rings. The summed E-state index contributed by atoms with van der Waals surface area (Å²) in [5.74, 6) is -0.720. The number of benzene rings is 3. The highest BCUT2D eigenvalue weighted by Crippen LogP contribution is 2.36. The summed E-state index contributed by atoms with van der Waals surface area (Å²) in [4.78, 5) is 64.5. The van der Waals surface area contributed by atoms with Crippen molar-refractivity contribution < 1.29 is 23.5 Å². The molecule has 0 saturated carbocycles. The van der Waals surface area contributed by atoms with Crippen molar-refractivity contribution in [2.75, 3.05) is 39.8 Å². The van der Waals surface area contributed by atoms with Gasteiger partial charge in [0.25, 0.3) is 11.8 Å². The van der Waals surface area contributed by atoms with Crippen LogP contribution in [0.25, 0.3) is 6.08 Å². The lowest BCUT2D eigenvalue weighted by molar-refractivity contribution is -0.129. The second-order valence-electron chi connectivity index (χ2n) is 12.3. The van der Waals surface area contributed by atoms with Gasteiger partial charge in [-0.1, -0.05) is 41.9 Å². The van der Waals surface area contributed by atoms with E-state index in [1.165, 1.54) is 56.5 Å². The number of ketones is 1. The molecule has 3 heterocycles. The molecule has 0 spiro atoms. The number of amidine groups is 1. The molecule has 0 bridgehead atoms. The summed E-state index contributed by atoms with van der Waals surface area (Å²) in [5.41, 5.74) is 3.06. The number of amides is 2. The summed E-state index contributed by atoms with van der Waals surface area (Å²) < 4.78 is 19.5. The van der Waals surface area contributed by atoms with Crippen molar-refractivity contribution >= 4 is 46.8 Å². The number of nitrogens with one attached hydrogen (secondary N) is 2. The van der Waals surface area contributed by atoms with E-state index in [0.717, 1.165) is 0 Å². The summed E-state index contributed by atoms with van der Waals surface area (Å²) in [5, 5.41) is 9.10. The molecule has 270 valence electrons. The van der Waals surface area contributed by atoms with Gasteiger partial charge in [-0.2, -0.15) is 0 Å². The van der Waals surface area contributed by atoms with E-state index in [-0.39, 0.29) is 27.8 Å². The van der Waals surface area contributed by atoms with Gasteiger partial charge in [0.15, 0.2) is 11.6 Å². The van der Waals surface area contributed by atoms with Gasteiger partial charge in [0.2, 0.25) is 0 Å². The summed E-state index contributed by atoms with van der Waals surface area (Å²) in [6.07, 6.45) is 3.21. The number of rotatable bonds is 11. The van der Waals surface area contributed by atoms with Crippen LogP contribution in [0, 0.1) is 10.7 Å². The summed E-state index contributed by atoms with van der Waals surface area (Å²) in [6.45, 7) is 3.27. The maximum absolute atomic E-state index is 14.1. The molecule has 1 aromatic heterocycles. The minimum absolute atomic E-state index is 0.0382. The lowest BCUT2D eigenvalue weighted by atomic mass is 9.92. The fourth-order valence-electron chi connectivity index (χ4n) is 6.18. The third-order valence-electron chi connectivity index (χ3n) is 8.86. The second-order valence-corrected chi connectivity index (χ2v) is 12.7. The van der Waals surface area contributed by atoms with E-state index >= 15 is 0 Å². The number of nitroso groups, excluding NO2 is 1. The van der Waals surface area contributed by atoms with Gasteiger partial charge >= 0.3 is 0 Å². The predicted molar refractivity (Wildman–Crippen MR) is 199 cm³/mol. The number of pyridine rings is 1. The van der Waals surface area contributed by atoms with Crippen LogP contribution in [0.4, 0.5) is 10.1 Å². The monoisotopic (exact) mass is 735 g/mol. The van der Waals surface area contributed by atoms with Gasteiger partial charge in [0, 0.05) is 71.9 Å². The van der Waals surface area contributed by atoms with Crippen LogP contribution in [0.15, 0.2) is 118 Å². The van der Waals surface area contributed by atoms with Gasteiger partial charge in [-0.05, 0) is 72.8 Å². The van der Waals surface area contributed by atoms with Crippen LogP contribution in [-0.4, -0.2) is 78.1 Å². The zero-order valence-electron chi connectivity index (χ0n) is 28.9. The molecule has 2 amide bonds. The minimum atomic E-state index is -0.811. The first kappa shape index (κ1) is 36.7. The Morgan fingerprint density at radius 1 is 1.02 bits per heavy atom. The molecule has 2 N–H and O–H groups in total. The Labute approximate surface area is 310 Å². The number of piperazine rings is 1. The summed E-state index contributed by atoms with van der Waals surface area (Å²) >= 11 is 6.50. The number of carbonyl (C=O) groups is 3. The molecule has 0 aliphatic carbocycles. The van der Waals surface area contributed by atoms with E-state index in [1.807, 2.05) is 6.07 Å². The molecule has 1 fully saturated rings. The first-order chi connectivity index (χ1) is 25.6. The lowest BCUT2D eigenvalue weighted by Crippen LogP contribution is -2.51. The third-order valence-corrected chi connectivity index (χ3v) is 9.19. The van der Waals surface area contributed by atoms with Gasteiger partial charge in [0.05, 0.1) is 7.11 Å². The number of halogens is 2. The highest BCUT2D eigenvalue weighted by Gasteiger charge is 2.33. The largest absolute Gasteiger partial charge is 0.496 e. The standard InChI is InChI=1S/C39H35ClFN7O5/c1-24(49)35-33(43-37(31-8-5-6-16-42-31)45-36(35)29-15-12-27(41)22-30(29)40)23-47-17-19-48(20-18-47)39(51)32(21-26-7-3-4-9-34(26)53-2)44-38(50)25-10-13-28(46-52)14-11-25/h3-16,21-22,36H,17-20,23H2,1-2H3,(H,43,45)(H,44,50)/b32-21-. The molecule has 1 saturated heterocycles. The smallest absolute Gasteiger partial charge is 0.270 e. The molecule has 53 heavy (non-hydrogen) atoms. The molecule has 2 aliphatic heterocycles. The van der Waals surface area contributed by atoms with Crippen molar-refractivity contribution in [1.29, 1.82) is 0 Å². The highest BCUT2D eigenvalue weighted by atomic mass is 35.5. The normalized spacial score (nSPS) is 16.4. The van der Waals surface area contributed by atoms with E-state index < -0.39 is 23.7 Å². The number of methoxy groups -OCH3 is 1. The minimum Gasteiger partial charge on any atom is -0.496 e. The Hall–Kier alpha value is -6.05. The highest BCUT2D eigenvalue weighted by molar-refractivity contribution is 6.31. The number of aromatic nitrogens is 1. The van der Waals surface area contributed by atoms with Crippen LogP contribution < -0.4 is 15.4 Å². The average Bonchev–Trinajstić information content (AvgIpc) is 3.17. The SMILES string of the molecule is COc1ccccc1/C=C(\NC(=O)c1ccc(N=O)cc1)C(=O)N1CCN(CC2=C(C(C)=O)C(c3ccc(F)cc3Cl)N=C(c3ccccn3)N2)CC1. The van der Waals surface area contributed by atoms with Gasteiger partial charge in [-0.25, -0.2) is 4.39 Å². The van der Waals surface area contributed by atoms with Crippen LogP contribution in [0.2, 0.25) is 5.02 Å². The van der Waals surface area contributed by atoms with E-state index in [2.05, 4.69) is 25.7 Å². The van der Waals surface area contributed by atoms with Crippen molar-refractivity contribution in [2.24, 2.45) is 10.2 Å². The molecule has 1 atom stereocenters. The molecule has 1 unspecified atom stereocenters. The zero-order chi connectivity index (χ0) is 37.5. The Morgan fingerprint density at radius 2 is 1.75 bits per heavy atom. The number of Topliss-reactive ketones (excluding diaryl/α,β-unsaturated/α-hetero) is 1. The number of hydrogen-bond donors (Lipinski definition) is 2. The van der Waals surface area contributed by atoms with Crippen LogP contribution in [0.1, 0.15) is 40.1 Å². The number of aliphatic imine (C=N–C) groups is 1. The summed E-state index contributed by atoms with van der Waals surface area (Å²) in [6, 6.07) is 21.5. The molecule has 12 nitrogen and oxygen atoms in total. The fourth-order valence-corrected chi connectivity index (χ4v) is 6.45.